The van der Waals surface area contributed by atoms with E-state index in [1.807, 2.05) is 31.2 Å². The highest BCUT2D eigenvalue weighted by Crippen LogP contribution is 2.15. The molecule has 1 atom stereocenters. The van der Waals surface area contributed by atoms with Crippen LogP contribution in [0.2, 0.25) is 0 Å². The number of ether oxygens (including phenoxy) is 1. The van der Waals surface area contributed by atoms with Gasteiger partial charge in [-0.25, -0.2) is 0 Å². The molecule has 134 valence electrons. The van der Waals surface area contributed by atoms with E-state index in [9.17, 15) is 9.59 Å². The summed E-state index contributed by atoms with van der Waals surface area (Å²) in [5.74, 6) is 0.268. The number of methoxy groups -OCH3 is 1. The summed E-state index contributed by atoms with van der Waals surface area (Å²) < 4.78 is 5.13. The minimum atomic E-state index is -0.530. The van der Waals surface area contributed by atoms with Gasteiger partial charge in [0.2, 0.25) is 11.8 Å². The van der Waals surface area contributed by atoms with E-state index in [4.69, 9.17) is 10.5 Å². The highest BCUT2D eigenvalue weighted by Gasteiger charge is 2.26. The lowest BCUT2D eigenvalue weighted by atomic mass is 10.1. The molecule has 0 saturated heterocycles. The molecule has 0 aliphatic carbocycles. The number of rotatable bonds is 11. The summed E-state index contributed by atoms with van der Waals surface area (Å²) in [5.41, 5.74) is 6.40. The van der Waals surface area contributed by atoms with Crippen LogP contribution < -0.4 is 10.5 Å². The number of unbranched alkanes of at least 4 members (excludes halogenated alkanes) is 3. The Morgan fingerprint density at radius 1 is 1.12 bits per heavy atom. The van der Waals surface area contributed by atoms with Crippen LogP contribution in [-0.2, 0) is 16.0 Å². The molecule has 0 heterocycles. The van der Waals surface area contributed by atoms with E-state index < -0.39 is 11.9 Å². The molecule has 1 aromatic carbocycles. The summed E-state index contributed by atoms with van der Waals surface area (Å²) in [7, 11) is 1.61. The first-order chi connectivity index (χ1) is 11.5. The van der Waals surface area contributed by atoms with Crippen molar-refractivity contribution in [3.05, 3.63) is 29.8 Å². The second-order valence-electron chi connectivity index (χ2n) is 6.00. The van der Waals surface area contributed by atoms with Crippen LogP contribution in [0.25, 0.3) is 0 Å². The van der Waals surface area contributed by atoms with Crippen molar-refractivity contribution in [1.29, 1.82) is 0 Å². The fourth-order valence-corrected chi connectivity index (χ4v) is 2.76. The van der Waals surface area contributed by atoms with Gasteiger partial charge in [-0.2, -0.15) is 0 Å². The maximum atomic E-state index is 12.7. The maximum Gasteiger partial charge on any atom is 0.240 e. The molecule has 24 heavy (non-hydrogen) atoms. The molecule has 0 aliphatic heterocycles. The molecule has 1 aromatic rings. The van der Waals surface area contributed by atoms with Crippen molar-refractivity contribution >= 4 is 11.8 Å². The number of benzene rings is 1. The molecular weight excluding hydrogens is 304 g/mol. The number of nitrogens with zero attached hydrogens (tertiary/aromatic N) is 1. The van der Waals surface area contributed by atoms with Gasteiger partial charge in [-0.05, 0) is 30.5 Å². The molecule has 5 heteroatoms. The van der Waals surface area contributed by atoms with Gasteiger partial charge in [0.1, 0.15) is 11.8 Å². The highest BCUT2D eigenvalue weighted by molar-refractivity contribution is 5.87. The summed E-state index contributed by atoms with van der Waals surface area (Å²) in [4.78, 5) is 26.1. The van der Waals surface area contributed by atoms with E-state index in [0.29, 0.717) is 13.0 Å². The molecule has 5 nitrogen and oxygen atoms in total. The van der Waals surface area contributed by atoms with Gasteiger partial charge in [0.15, 0.2) is 0 Å². The Kier molecular flexibility index (Phi) is 8.90. The van der Waals surface area contributed by atoms with E-state index in [0.717, 1.165) is 37.0 Å². The zero-order chi connectivity index (χ0) is 17.9. The van der Waals surface area contributed by atoms with Gasteiger partial charge in [-0.1, -0.05) is 45.2 Å². The second kappa shape index (κ2) is 10.7. The Hall–Kier alpha value is -2.04. The SMILES string of the molecule is CCCCCCN(C(=O)Cc1ccc(OC)cc1)C(CC)C(N)=O. The largest absolute Gasteiger partial charge is 0.497 e. The standard InChI is InChI=1S/C19H30N2O3/c1-4-6-7-8-13-21(17(5-2)19(20)23)18(22)14-15-9-11-16(24-3)12-10-15/h9-12,17H,4-8,13-14H2,1-3H3,(H2,20,23). The normalized spacial score (nSPS) is 11.8. The fourth-order valence-electron chi connectivity index (χ4n) is 2.76. The van der Waals surface area contributed by atoms with Crippen molar-refractivity contribution < 1.29 is 14.3 Å². The van der Waals surface area contributed by atoms with Crippen LogP contribution in [0.15, 0.2) is 24.3 Å². The summed E-state index contributed by atoms with van der Waals surface area (Å²) in [6.45, 7) is 4.61. The summed E-state index contributed by atoms with van der Waals surface area (Å²) in [5, 5.41) is 0. The minimum absolute atomic E-state index is 0.0534. The van der Waals surface area contributed by atoms with Crippen molar-refractivity contribution in [3.63, 3.8) is 0 Å². The molecule has 0 aromatic heterocycles. The zero-order valence-corrected chi connectivity index (χ0v) is 15.1. The van der Waals surface area contributed by atoms with E-state index in [-0.39, 0.29) is 12.3 Å². The lowest BCUT2D eigenvalue weighted by Crippen LogP contribution is -2.48. The van der Waals surface area contributed by atoms with E-state index >= 15 is 0 Å². The van der Waals surface area contributed by atoms with Crippen molar-refractivity contribution in [1.82, 2.24) is 4.90 Å². The quantitative estimate of drug-likeness (QED) is 0.632. The first-order valence-electron chi connectivity index (χ1n) is 8.75. The molecule has 0 saturated carbocycles. The van der Waals surface area contributed by atoms with E-state index in [2.05, 4.69) is 6.92 Å². The smallest absolute Gasteiger partial charge is 0.240 e. The van der Waals surface area contributed by atoms with Gasteiger partial charge in [-0.15, -0.1) is 0 Å². The van der Waals surface area contributed by atoms with Crippen LogP contribution >= 0.6 is 0 Å². The van der Waals surface area contributed by atoms with Gasteiger partial charge in [0.05, 0.1) is 13.5 Å². The zero-order valence-electron chi connectivity index (χ0n) is 15.1. The van der Waals surface area contributed by atoms with Crippen molar-refractivity contribution in [2.24, 2.45) is 5.73 Å². The average molecular weight is 334 g/mol. The maximum absolute atomic E-state index is 12.7. The molecule has 0 bridgehead atoms. The summed E-state index contributed by atoms with van der Waals surface area (Å²) in [6, 6.07) is 6.88. The number of hydrogen-bond acceptors (Lipinski definition) is 3. The third-order valence-corrected chi connectivity index (χ3v) is 4.18. The van der Waals surface area contributed by atoms with Crippen LogP contribution in [0.4, 0.5) is 0 Å². The second-order valence-corrected chi connectivity index (χ2v) is 6.00. The predicted octanol–water partition coefficient (Wildman–Crippen LogP) is 2.91. The Morgan fingerprint density at radius 3 is 2.29 bits per heavy atom. The number of primary amides is 1. The van der Waals surface area contributed by atoms with Crippen LogP contribution in [0.3, 0.4) is 0 Å². The first-order valence-corrected chi connectivity index (χ1v) is 8.75. The number of carbonyl (C=O) groups excluding carboxylic acids is 2. The van der Waals surface area contributed by atoms with E-state index in [1.165, 1.54) is 0 Å². The molecule has 2 amide bonds. The van der Waals surface area contributed by atoms with Gasteiger partial charge < -0.3 is 15.4 Å². The molecule has 0 spiro atoms. The Labute approximate surface area is 145 Å². The van der Waals surface area contributed by atoms with Crippen molar-refractivity contribution in [2.75, 3.05) is 13.7 Å². The molecule has 1 rings (SSSR count). The minimum Gasteiger partial charge on any atom is -0.497 e. The Morgan fingerprint density at radius 2 is 1.79 bits per heavy atom. The molecule has 1 unspecified atom stereocenters. The van der Waals surface area contributed by atoms with E-state index in [1.54, 1.807) is 12.0 Å². The predicted molar refractivity (Wildman–Crippen MR) is 95.8 cm³/mol. The third kappa shape index (κ3) is 6.22. The van der Waals surface area contributed by atoms with Gasteiger partial charge in [0, 0.05) is 6.54 Å². The monoisotopic (exact) mass is 334 g/mol. The lowest BCUT2D eigenvalue weighted by Gasteiger charge is -2.29. The molecule has 2 N–H and O–H groups in total. The Balaban J connectivity index is 2.78. The van der Waals surface area contributed by atoms with Gasteiger partial charge in [-0.3, -0.25) is 9.59 Å². The van der Waals surface area contributed by atoms with Crippen LogP contribution in [0, 0.1) is 0 Å². The molecule has 0 aliphatic rings. The molecule has 0 radical (unpaired) electrons. The highest BCUT2D eigenvalue weighted by atomic mass is 16.5. The van der Waals surface area contributed by atoms with Crippen LogP contribution in [0.1, 0.15) is 51.5 Å². The summed E-state index contributed by atoms with van der Waals surface area (Å²) >= 11 is 0. The number of hydrogen-bond donors (Lipinski definition) is 1. The first kappa shape index (κ1) is 20.0. The molecule has 0 fully saturated rings. The van der Waals surface area contributed by atoms with Crippen molar-refractivity contribution in [2.45, 2.75) is 58.4 Å². The molecular formula is C19H30N2O3. The third-order valence-electron chi connectivity index (χ3n) is 4.18. The van der Waals surface area contributed by atoms with Crippen LogP contribution in [-0.4, -0.2) is 36.4 Å². The lowest BCUT2D eigenvalue weighted by molar-refractivity contribution is -0.139. The number of carbonyl (C=O) groups is 2. The fraction of sp³-hybridized carbons (Fsp3) is 0.579. The van der Waals surface area contributed by atoms with Gasteiger partial charge >= 0.3 is 0 Å². The number of amides is 2. The Bertz CT molecular complexity index is 514. The van der Waals surface area contributed by atoms with Crippen LogP contribution in [0.5, 0.6) is 5.75 Å². The van der Waals surface area contributed by atoms with Gasteiger partial charge in [0.25, 0.3) is 0 Å². The number of nitrogens with two attached hydrogens (primary N) is 1. The van der Waals surface area contributed by atoms with Crippen molar-refractivity contribution in [3.8, 4) is 5.75 Å². The summed E-state index contributed by atoms with van der Waals surface area (Å²) in [6.07, 6.45) is 5.02. The average Bonchev–Trinajstić information content (AvgIpc) is 2.58. The topological polar surface area (TPSA) is 72.6 Å².